The number of methoxy groups -OCH3 is 1. The zero-order valence-electron chi connectivity index (χ0n) is 15.1. The second-order valence-electron chi connectivity index (χ2n) is 5.69. The average molecular weight is 386 g/mol. The number of benzene rings is 2. The van der Waals surface area contributed by atoms with Gasteiger partial charge >= 0.3 is 0 Å². The Morgan fingerprint density at radius 3 is 1.93 bits per heavy atom. The molecule has 0 radical (unpaired) electrons. The van der Waals surface area contributed by atoms with Gasteiger partial charge in [-0.05, 0) is 47.5 Å². The molecule has 0 saturated heterocycles. The molecule has 0 aliphatic rings. The van der Waals surface area contributed by atoms with Crippen molar-refractivity contribution >= 4 is 23.7 Å². The van der Waals surface area contributed by atoms with Crippen molar-refractivity contribution in [2.75, 3.05) is 14.0 Å². The fourth-order valence-corrected chi connectivity index (χ4v) is 2.27. The van der Waals surface area contributed by atoms with E-state index in [1.807, 2.05) is 0 Å². The maximum absolute atomic E-state index is 12.2. The molecule has 28 heavy (non-hydrogen) atoms. The van der Waals surface area contributed by atoms with Crippen LogP contribution < -0.4 is 9.47 Å². The third-order valence-electron chi connectivity index (χ3n) is 3.67. The smallest absolute Gasteiger partial charge is 0.228 e. The molecule has 0 saturated carbocycles. The Morgan fingerprint density at radius 1 is 0.929 bits per heavy atom. The molecule has 0 unspecified atom stereocenters. The number of allylic oxidation sites excluding steroid dienone is 2. The quantitative estimate of drug-likeness (QED) is 0.505. The number of ether oxygens (including phenoxy) is 2. The summed E-state index contributed by atoms with van der Waals surface area (Å²) in [4.78, 5) is 23.9. The van der Waals surface area contributed by atoms with Gasteiger partial charge in [-0.25, -0.2) is 4.39 Å². The number of halogens is 1. The molecule has 7 heteroatoms. The van der Waals surface area contributed by atoms with Crippen LogP contribution in [0.5, 0.6) is 23.0 Å². The van der Waals surface area contributed by atoms with Crippen molar-refractivity contribution < 1.29 is 33.7 Å². The van der Waals surface area contributed by atoms with Gasteiger partial charge in [0.25, 0.3) is 0 Å². The summed E-state index contributed by atoms with van der Waals surface area (Å²) in [6.45, 7) is -1.09. The van der Waals surface area contributed by atoms with E-state index in [9.17, 15) is 24.2 Å². The summed E-state index contributed by atoms with van der Waals surface area (Å²) < 4.78 is 21.8. The minimum atomic E-state index is -1.09. The van der Waals surface area contributed by atoms with E-state index in [1.165, 1.54) is 55.7 Å². The number of carbonyl (C=O) groups is 2. The SMILES string of the molecule is COc1cc(/C=C/C(=O)CC(=O)/C=C/c2ccc(O)c(OCF)c2)ccc1O. The number of phenols is 2. The molecule has 2 N–H and O–H groups in total. The van der Waals surface area contributed by atoms with E-state index in [-0.39, 0.29) is 29.4 Å². The zero-order valence-corrected chi connectivity index (χ0v) is 15.1. The minimum absolute atomic E-state index is 0.0133. The summed E-state index contributed by atoms with van der Waals surface area (Å²) >= 11 is 0. The highest BCUT2D eigenvalue weighted by atomic mass is 19.1. The number of hydrogen-bond donors (Lipinski definition) is 2. The average Bonchev–Trinajstić information content (AvgIpc) is 2.68. The lowest BCUT2D eigenvalue weighted by Crippen LogP contribution is -2.01. The number of phenolic OH excluding ortho intramolecular Hbond substituents is 2. The first-order chi connectivity index (χ1) is 13.4. The number of aromatic hydroxyl groups is 2. The summed E-state index contributed by atoms with van der Waals surface area (Å²) in [5.41, 5.74) is 1.14. The molecule has 6 nitrogen and oxygen atoms in total. The van der Waals surface area contributed by atoms with Gasteiger partial charge in [0.05, 0.1) is 13.5 Å². The highest BCUT2D eigenvalue weighted by molar-refractivity contribution is 6.10. The minimum Gasteiger partial charge on any atom is -0.504 e. The Balaban J connectivity index is 1.96. The number of alkyl halides is 1. The van der Waals surface area contributed by atoms with E-state index in [1.54, 1.807) is 12.1 Å². The Hall–Kier alpha value is -3.61. The van der Waals surface area contributed by atoms with Gasteiger partial charge in [-0.15, -0.1) is 0 Å². The third-order valence-corrected chi connectivity index (χ3v) is 3.67. The Bertz CT molecular complexity index is 917. The molecule has 2 aromatic rings. The van der Waals surface area contributed by atoms with Crippen molar-refractivity contribution in [2.45, 2.75) is 6.42 Å². The zero-order chi connectivity index (χ0) is 20.5. The molecule has 0 heterocycles. The predicted octanol–water partition coefficient (Wildman–Crippen LogP) is 3.67. The molecule has 0 fully saturated rings. The molecule has 2 aromatic carbocycles. The van der Waals surface area contributed by atoms with E-state index in [0.717, 1.165) is 0 Å². The number of carbonyl (C=O) groups excluding carboxylic acids is 2. The lowest BCUT2D eigenvalue weighted by molar-refractivity contribution is -0.121. The van der Waals surface area contributed by atoms with Gasteiger partial charge in [-0.2, -0.15) is 0 Å². The molecule has 0 atom stereocenters. The molecule has 0 amide bonds. The van der Waals surface area contributed by atoms with E-state index < -0.39 is 18.4 Å². The molecular formula is C21H19FO6. The van der Waals surface area contributed by atoms with E-state index in [2.05, 4.69) is 4.74 Å². The van der Waals surface area contributed by atoms with Crippen molar-refractivity contribution in [1.82, 2.24) is 0 Å². The van der Waals surface area contributed by atoms with Gasteiger partial charge in [0.15, 0.2) is 34.6 Å². The van der Waals surface area contributed by atoms with E-state index >= 15 is 0 Å². The standard InChI is InChI=1S/C21H19FO6/c1-27-20-10-14(4-8-18(20)25)2-6-16(23)12-17(24)7-3-15-5-9-19(26)21(11-15)28-13-22/h2-11,25-26H,12-13H2,1H3/b6-2+,7-3+. The van der Waals surface area contributed by atoms with Gasteiger partial charge in [-0.3, -0.25) is 9.59 Å². The van der Waals surface area contributed by atoms with Crippen LogP contribution in [0.15, 0.2) is 48.6 Å². The van der Waals surface area contributed by atoms with Crippen LogP contribution >= 0.6 is 0 Å². The largest absolute Gasteiger partial charge is 0.504 e. The topological polar surface area (TPSA) is 93.1 Å². The number of ketones is 2. The maximum atomic E-state index is 12.2. The molecule has 0 aromatic heterocycles. The molecule has 0 spiro atoms. The van der Waals surface area contributed by atoms with Crippen LogP contribution in [0.1, 0.15) is 17.5 Å². The van der Waals surface area contributed by atoms with E-state index in [0.29, 0.717) is 11.1 Å². The van der Waals surface area contributed by atoms with Gasteiger partial charge in [0.2, 0.25) is 6.86 Å². The summed E-state index contributed by atoms with van der Waals surface area (Å²) in [7, 11) is 1.42. The maximum Gasteiger partial charge on any atom is 0.228 e. The Morgan fingerprint density at radius 2 is 1.43 bits per heavy atom. The Labute approximate surface area is 161 Å². The predicted molar refractivity (Wildman–Crippen MR) is 102 cm³/mol. The summed E-state index contributed by atoms with van der Waals surface area (Å²) in [6.07, 6.45) is 5.12. The Kier molecular flexibility index (Phi) is 7.33. The van der Waals surface area contributed by atoms with Crippen molar-refractivity contribution in [1.29, 1.82) is 0 Å². The van der Waals surface area contributed by atoms with Crippen LogP contribution in [-0.2, 0) is 9.59 Å². The highest BCUT2D eigenvalue weighted by Gasteiger charge is 2.06. The fraction of sp³-hybridized carbons (Fsp3) is 0.143. The second-order valence-corrected chi connectivity index (χ2v) is 5.69. The first-order valence-electron chi connectivity index (χ1n) is 8.23. The lowest BCUT2D eigenvalue weighted by Gasteiger charge is -2.04. The van der Waals surface area contributed by atoms with Gasteiger partial charge < -0.3 is 19.7 Å². The van der Waals surface area contributed by atoms with Crippen LogP contribution in [0.4, 0.5) is 4.39 Å². The van der Waals surface area contributed by atoms with E-state index in [4.69, 9.17) is 4.74 Å². The van der Waals surface area contributed by atoms with Crippen LogP contribution in [0, 0.1) is 0 Å². The summed E-state index contributed by atoms with van der Waals surface area (Å²) in [5.74, 6) is -0.806. The summed E-state index contributed by atoms with van der Waals surface area (Å²) in [5, 5.41) is 19.0. The number of rotatable bonds is 9. The molecular weight excluding hydrogens is 367 g/mol. The first-order valence-corrected chi connectivity index (χ1v) is 8.23. The molecule has 0 bridgehead atoms. The third kappa shape index (κ3) is 5.98. The van der Waals surface area contributed by atoms with Crippen LogP contribution in [0.25, 0.3) is 12.2 Å². The second kappa shape index (κ2) is 9.91. The van der Waals surface area contributed by atoms with Crippen LogP contribution in [-0.4, -0.2) is 35.7 Å². The molecule has 0 aliphatic carbocycles. The number of hydrogen-bond acceptors (Lipinski definition) is 6. The van der Waals surface area contributed by atoms with Gasteiger partial charge in [-0.1, -0.05) is 24.3 Å². The van der Waals surface area contributed by atoms with Gasteiger partial charge in [0.1, 0.15) is 0 Å². The van der Waals surface area contributed by atoms with Crippen LogP contribution in [0.2, 0.25) is 0 Å². The molecule has 2 rings (SSSR count). The monoisotopic (exact) mass is 386 g/mol. The van der Waals surface area contributed by atoms with Crippen LogP contribution in [0.3, 0.4) is 0 Å². The molecule has 0 aliphatic heterocycles. The molecule has 146 valence electrons. The first kappa shape index (κ1) is 20.7. The van der Waals surface area contributed by atoms with Crippen molar-refractivity contribution in [3.8, 4) is 23.0 Å². The van der Waals surface area contributed by atoms with Crippen molar-refractivity contribution in [2.24, 2.45) is 0 Å². The normalized spacial score (nSPS) is 11.1. The summed E-state index contributed by atoms with van der Waals surface area (Å²) in [6, 6.07) is 8.81. The highest BCUT2D eigenvalue weighted by Crippen LogP contribution is 2.28. The van der Waals surface area contributed by atoms with Crippen molar-refractivity contribution in [3.05, 3.63) is 59.7 Å². The lowest BCUT2D eigenvalue weighted by atomic mass is 10.1. The fourth-order valence-electron chi connectivity index (χ4n) is 2.27. The van der Waals surface area contributed by atoms with Crippen molar-refractivity contribution in [3.63, 3.8) is 0 Å². The van der Waals surface area contributed by atoms with Gasteiger partial charge in [0, 0.05) is 0 Å².